The Hall–Kier alpha value is -1.18. The number of sulfonamides is 1. The molecule has 1 amide bonds. The van der Waals surface area contributed by atoms with E-state index in [-0.39, 0.29) is 23.2 Å². The Labute approximate surface area is 134 Å². The summed E-state index contributed by atoms with van der Waals surface area (Å²) in [7, 11) is -3.68. The Balaban J connectivity index is 2.15. The van der Waals surface area contributed by atoms with Gasteiger partial charge in [0.1, 0.15) is 5.82 Å². The molecular formula is C14H18ClFN2O3S. The van der Waals surface area contributed by atoms with Gasteiger partial charge < -0.3 is 4.90 Å². The molecule has 0 atom stereocenters. The molecule has 0 aromatic heterocycles. The van der Waals surface area contributed by atoms with Crippen molar-refractivity contribution in [3.8, 4) is 0 Å². The first-order chi connectivity index (χ1) is 10.3. The molecule has 1 aromatic carbocycles. The van der Waals surface area contributed by atoms with Gasteiger partial charge in [-0.3, -0.25) is 4.79 Å². The SMILES string of the molecule is CCN1CCCN(S(=O)(=O)Cc2ccc(Cl)c(F)c2)CC1=O. The number of likely N-dealkylation sites (N-methyl/N-ethyl adjacent to an activating group) is 1. The summed E-state index contributed by atoms with van der Waals surface area (Å²) in [6, 6.07) is 3.91. The van der Waals surface area contributed by atoms with E-state index < -0.39 is 15.8 Å². The third kappa shape index (κ3) is 3.97. The van der Waals surface area contributed by atoms with E-state index in [1.165, 1.54) is 16.4 Å². The van der Waals surface area contributed by atoms with E-state index in [1.54, 1.807) is 4.90 Å². The van der Waals surface area contributed by atoms with Gasteiger partial charge in [-0.25, -0.2) is 12.8 Å². The third-order valence-electron chi connectivity index (χ3n) is 3.61. The van der Waals surface area contributed by atoms with Gasteiger partial charge >= 0.3 is 0 Å². The van der Waals surface area contributed by atoms with Gasteiger partial charge in [0.05, 0.1) is 17.3 Å². The molecular weight excluding hydrogens is 331 g/mol. The van der Waals surface area contributed by atoms with Crippen LogP contribution < -0.4 is 0 Å². The van der Waals surface area contributed by atoms with Gasteiger partial charge in [-0.1, -0.05) is 17.7 Å². The van der Waals surface area contributed by atoms with Gasteiger partial charge in [0.25, 0.3) is 0 Å². The van der Waals surface area contributed by atoms with Gasteiger partial charge in [0.2, 0.25) is 15.9 Å². The second kappa shape index (κ2) is 6.93. The molecule has 122 valence electrons. The van der Waals surface area contributed by atoms with Crippen molar-refractivity contribution in [2.24, 2.45) is 0 Å². The molecule has 0 spiro atoms. The van der Waals surface area contributed by atoms with Crippen molar-refractivity contribution < 1.29 is 17.6 Å². The standard InChI is InChI=1S/C14H18ClFN2O3S/c1-2-17-6-3-7-18(9-14(17)19)22(20,21)10-11-4-5-12(15)13(16)8-11/h4-5,8H,2-3,6-7,9-10H2,1H3. The first-order valence-corrected chi connectivity index (χ1v) is 9.01. The summed E-state index contributed by atoms with van der Waals surface area (Å²) in [5.74, 6) is -1.20. The molecule has 1 saturated heterocycles. The van der Waals surface area contributed by atoms with Crippen LogP contribution in [0.4, 0.5) is 4.39 Å². The lowest BCUT2D eigenvalue weighted by Gasteiger charge is -2.20. The van der Waals surface area contributed by atoms with Gasteiger partial charge in [-0.15, -0.1) is 0 Å². The van der Waals surface area contributed by atoms with E-state index >= 15 is 0 Å². The second-order valence-electron chi connectivity index (χ2n) is 5.17. The summed E-state index contributed by atoms with van der Waals surface area (Å²) >= 11 is 5.59. The van der Waals surface area contributed by atoms with Gasteiger partial charge in [-0.2, -0.15) is 4.31 Å². The molecule has 1 aliphatic heterocycles. The molecule has 0 radical (unpaired) electrons. The fourth-order valence-electron chi connectivity index (χ4n) is 2.40. The first-order valence-electron chi connectivity index (χ1n) is 7.03. The number of benzene rings is 1. The molecule has 0 saturated carbocycles. The molecule has 22 heavy (non-hydrogen) atoms. The number of amides is 1. The van der Waals surface area contributed by atoms with Crippen LogP contribution in [0.3, 0.4) is 0 Å². The highest BCUT2D eigenvalue weighted by Crippen LogP contribution is 2.19. The minimum atomic E-state index is -3.68. The Morgan fingerprint density at radius 2 is 2.05 bits per heavy atom. The largest absolute Gasteiger partial charge is 0.342 e. The predicted molar refractivity (Wildman–Crippen MR) is 82.5 cm³/mol. The molecule has 1 heterocycles. The highest BCUT2D eigenvalue weighted by atomic mass is 35.5. The van der Waals surface area contributed by atoms with Crippen LogP contribution in [0.2, 0.25) is 5.02 Å². The number of hydrogen-bond acceptors (Lipinski definition) is 3. The number of halogens is 2. The molecule has 0 aliphatic carbocycles. The molecule has 0 unspecified atom stereocenters. The number of carbonyl (C=O) groups excluding carboxylic acids is 1. The molecule has 0 bridgehead atoms. The summed E-state index contributed by atoms with van der Waals surface area (Å²) in [6.45, 7) is 3.11. The van der Waals surface area contributed by atoms with Crippen LogP contribution in [0.1, 0.15) is 18.9 Å². The number of carbonyl (C=O) groups is 1. The Morgan fingerprint density at radius 1 is 1.32 bits per heavy atom. The quantitative estimate of drug-likeness (QED) is 0.834. The van der Waals surface area contributed by atoms with Crippen LogP contribution in [0.15, 0.2) is 18.2 Å². The summed E-state index contributed by atoms with van der Waals surface area (Å²) in [5, 5.41) is -0.0512. The smallest absolute Gasteiger partial charge is 0.237 e. The van der Waals surface area contributed by atoms with Crippen LogP contribution >= 0.6 is 11.6 Å². The molecule has 0 N–H and O–H groups in total. The maximum absolute atomic E-state index is 13.4. The minimum absolute atomic E-state index is 0.0512. The Morgan fingerprint density at radius 3 is 2.68 bits per heavy atom. The van der Waals surface area contributed by atoms with Crippen molar-refractivity contribution >= 4 is 27.5 Å². The van der Waals surface area contributed by atoms with Crippen molar-refractivity contribution in [2.45, 2.75) is 19.1 Å². The van der Waals surface area contributed by atoms with Crippen molar-refractivity contribution in [3.05, 3.63) is 34.6 Å². The molecule has 5 nitrogen and oxygen atoms in total. The number of hydrogen-bond donors (Lipinski definition) is 0. The van der Waals surface area contributed by atoms with Crippen molar-refractivity contribution in [1.29, 1.82) is 0 Å². The van der Waals surface area contributed by atoms with Crippen LogP contribution in [0.5, 0.6) is 0 Å². The maximum Gasteiger partial charge on any atom is 0.237 e. The third-order valence-corrected chi connectivity index (χ3v) is 5.71. The molecule has 8 heteroatoms. The fourth-order valence-corrected chi connectivity index (χ4v) is 4.01. The average molecular weight is 349 g/mol. The van der Waals surface area contributed by atoms with Crippen LogP contribution in [0, 0.1) is 5.82 Å². The first kappa shape index (κ1) is 17.2. The van der Waals surface area contributed by atoms with E-state index in [1.807, 2.05) is 6.92 Å². The molecule has 1 aliphatic rings. The normalized spacial score (nSPS) is 17.6. The number of nitrogens with zero attached hydrogens (tertiary/aromatic N) is 2. The van der Waals surface area contributed by atoms with E-state index in [4.69, 9.17) is 11.6 Å². The van der Waals surface area contributed by atoms with Gasteiger partial charge in [-0.05, 0) is 31.0 Å². The zero-order valence-corrected chi connectivity index (χ0v) is 13.8. The van der Waals surface area contributed by atoms with Crippen molar-refractivity contribution in [1.82, 2.24) is 9.21 Å². The average Bonchev–Trinajstić information content (AvgIpc) is 2.64. The molecule has 1 aromatic rings. The summed E-state index contributed by atoms with van der Waals surface area (Å²) in [6.07, 6.45) is 0.591. The topological polar surface area (TPSA) is 57.7 Å². The summed E-state index contributed by atoms with van der Waals surface area (Å²) in [4.78, 5) is 13.6. The van der Waals surface area contributed by atoms with Crippen LogP contribution in [-0.2, 0) is 20.6 Å². The Bertz CT molecular complexity index is 666. The van der Waals surface area contributed by atoms with Crippen molar-refractivity contribution in [2.75, 3.05) is 26.2 Å². The van der Waals surface area contributed by atoms with E-state index in [0.29, 0.717) is 31.6 Å². The predicted octanol–water partition coefficient (Wildman–Crippen LogP) is 1.86. The minimum Gasteiger partial charge on any atom is -0.342 e. The Kier molecular flexibility index (Phi) is 5.41. The van der Waals surface area contributed by atoms with Crippen LogP contribution in [-0.4, -0.2) is 49.7 Å². The fraction of sp³-hybridized carbons (Fsp3) is 0.500. The molecule has 2 rings (SSSR count). The molecule has 1 fully saturated rings. The maximum atomic E-state index is 13.4. The summed E-state index contributed by atoms with van der Waals surface area (Å²) in [5.41, 5.74) is 0.311. The number of rotatable bonds is 4. The van der Waals surface area contributed by atoms with Crippen molar-refractivity contribution in [3.63, 3.8) is 0 Å². The van der Waals surface area contributed by atoms with Gasteiger partial charge in [0, 0.05) is 19.6 Å². The van der Waals surface area contributed by atoms with E-state index in [9.17, 15) is 17.6 Å². The second-order valence-corrected chi connectivity index (χ2v) is 7.54. The lowest BCUT2D eigenvalue weighted by Crippen LogP contribution is -2.39. The van der Waals surface area contributed by atoms with E-state index in [2.05, 4.69) is 0 Å². The lowest BCUT2D eigenvalue weighted by molar-refractivity contribution is -0.130. The van der Waals surface area contributed by atoms with Crippen LogP contribution in [0.25, 0.3) is 0 Å². The van der Waals surface area contributed by atoms with E-state index in [0.717, 1.165) is 6.07 Å². The van der Waals surface area contributed by atoms with Gasteiger partial charge in [0.15, 0.2) is 0 Å². The highest BCUT2D eigenvalue weighted by Gasteiger charge is 2.29. The zero-order chi connectivity index (χ0) is 16.3. The monoisotopic (exact) mass is 348 g/mol. The summed E-state index contributed by atoms with van der Waals surface area (Å²) < 4.78 is 39.5. The zero-order valence-electron chi connectivity index (χ0n) is 12.3. The lowest BCUT2D eigenvalue weighted by atomic mass is 10.2. The highest BCUT2D eigenvalue weighted by molar-refractivity contribution is 7.88.